The number of aromatic nitrogens is 6. The van der Waals surface area contributed by atoms with Crippen LogP contribution < -0.4 is 29.7 Å². The van der Waals surface area contributed by atoms with Gasteiger partial charge in [0.05, 0.1) is 11.4 Å². The van der Waals surface area contributed by atoms with Crippen LogP contribution in [-0.4, -0.2) is 72.9 Å². The number of halogens is 9. The van der Waals surface area contributed by atoms with Gasteiger partial charge in [-0.05, 0) is 129 Å². The van der Waals surface area contributed by atoms with Crippen molar-refractivity contribution in [2.45, 2.75) is 116 Å². The van der Waals surface area contributed by atoms with E-state index in [0.29, 0.717) is 48.6 Å². The first-order chi connectivity index (χ1) is 32.1. The Morgan fingerprint density at radius 2 is 1.16 bits per heavy atom. The van der Waals surface area contributed by atoms with E-state index in [1.54, 1.807) is 12.1 Å². The molecular formula is C46H56ClF2I6N8O4-. The number of piperidine rings is 2. The number of alkyl halides is 1. The van der Waals surface area contributed by atoms with Crippen LogP contribution in [0.3, 0.4) is 0 Å². The third-order valence-electron chi connectivity index (χ3n) is 12.8. The monoisotopic (exact) mass is 1620 g/mol. The second-order valence-electron chi connectivity index (χ2n) is 16.8. The molecule has 0 aliphatic carbocycles. The zero-order valence-corrected chi connectivity index (χ0v) is 51.3. The summed E-state index contributed by atoms with van der Waals surface area (Å²) in [6.45, 7) is 10.3. The molecular weight excluding hydrogens is 1560 g/mol. The average Bonchev–Trinajstić information content (AvgIpc) is 3.96. The fourth-order valence-corrected chi connectivity index (χ4v) is 9.57. The van der Waals surface area contributed by atoms with Crippen LogP contribution >= 0.6 is 110 Å². The Balaban J connectivity index is 0.000000192. The number of rotatable bonds is 7. The zero-order valence-electron chi connectivity index (χ0n) is 37.5. The summed E-state index contributed by atoms with van der Waals surface area (Å²) in [7, 11) is 0. The SMILES string of the molecule is Cc1nc2n(c(=O)c1CCCl)CCCC2.Cc1nc2n(c(=O)c1CCN1CCC(c3noc4cc(F)ccc34)CC1)CCCC2.Fc1ccc2c(C3CCNCC3)noc2c1.I.II.I[I-]I. The van der Waals surface area contributed by atoms with E-state index in [1.165, 1.54) is 24.3 Å². The van der Waals surface area contributed by atoms with E-state index in [1.807, 2.05) is 23.0 Å². The van der Waals surface area contributed by atoms with Gasteiger partial charge in [0.15, 0.2) is 11.2 Å². The second kappa shape index (κ2) is 29.3. The number of nitrogens with one attached hydrogen (secondary N) is 1. The molecule has 0 spiro atoms. The van der Waals surface area contributed by atoms with E-state index in [4.69, 9.17) is 25.6 Å². The van der Waals surface area contributed by atoms with Crippen LogP contribution in [-0.2, 0) is 38.8 Å². The number of likely N-dealkylation sites (tertiary alicyclic amines) is 1. The summed E-state index contributed by atoms with van der Waals surface area (Å²) in [5, 5.41) is 13.5. The maximum absolute atomic E-state index is 13.4. The van der Waals surface area contributed by atoms with Crippen LogP contribution in [0.4, 0.5) is 8.78 Å². The molecule has 0 bridgehead atoms. The number of hydrogen-bond donors (Lipinski definition) is 1. The summed E-state index contributed by atoms with van der Waals surface area (Å²) in [5.41, 5.74) is 6.68. The van der Waals surface area contributed by atoms with Crippen LogP contribution in [0.15, 0.2) is 55.0 Å². The van der Waals surface area contributed by atoms with Crippen molar-refractivity contribution in [3.63, 3.8) is 0 Å². The summed E-state index contributed by atoms with van der Waals surface area (Å²) >= 11 is 15.2. The van der Waals surface area contributed by atoms with Crippen LogP contribution in [0.1, 0.15) is 109 Å². The molecule has 2 fully saturated rings. The third kappa shape index (κ3) is 15.3. The van der Waals surface area contributed by atoms with Crippen LogP contribution in [0.2, 0.25) is 0 Å². The zero-order chi connectivity index (χ0) is 47.2. The second-order valence-corrected chi connectivity index (χ2v) is 33.4. The standard InChI is InChI=1S/C23H27FN4O2.C12H13FN2O.C11H15ClN2O.I3.I2.HI/c1-15-18(23(29)28-10-3-2-4-21(28)25-15)9-13-27-11-7-16(8-12-27)22-19-6-5-17(24)14-20(19)30-26-22;13-9-1-2-10-11(7-9)16-15-12(10)8-3-5-14-6-4-8;1-8-9(5-6-12)11(15)14-7-3-2-4-10(14)13-8;1-3-2;1-2;/h5-6,14,16H,2-4,7-13H2,1H3;1-2,7-8,14H,3-6H2;2-7H2,1H3;;;1H/q;;;-1;;. The molecule has 0 atom stereocenters. The van der Waals surface area contributed by atoms with E-state index < -0.39 is 0 Å². The van der Waals surface area contributed by atoms with Gasteiger partial charge < -0.3 is 19.3 Å². The van der Waals surface area contributed by atoms with Gasteiger partial charge in [-0.1, -0.05) is 10.3 Å². The van der Waals surface area contributed by atoms with Crippen molar-refractivity contribution < 1.29 is 31.1 Å². The molecule has 2 saturated heterocycles. The van der Waals surface area contributed by atoms with Crippen molar-refractivity contribution in [3.8, 4) is 0 Å². The number of nitrogens with zero attached hydrogens (tertiary/aromatic N) is 7. The predicted octanol–water partition coefficient (Wildman–Crippen LogP) is 8.86. The van der Waals surface area contributed by atoms with Crippen molar-refractivity contribution in [1.29, 1.82) is 0 Å². The van der Waals surface area contributed by atoms with Crippen LogP contribution in [0.25, 0.3) is 21.9 Å². The van der Waals surface area contributed by atoms with Crippen molar-refractivity contribution in [1.82, 2.24) is 39.6 Å². The fraction of sp³-hybridized carbons (Fsp3) is 0.522. The summed E-state index contributed by atoms with van der Waals surface area (Å²) in [4.78, 5) is 36.6. The quantitative estimate of drug-likeness (QED) is 0.122. The molecule has 4 aliphatic rings. The van der Waals surface area contributed by atoms with Crippen molar-refractivity contribution >= 4 is 132 Å². The Hall–Kier alpha value is -0.410. The first kappa shape index (κ1) is 57.5. The summed E-state index contributed by atoms with van der Waals surface area (Å²) < 4.78 is 40.6. The molecule has 12 nitrogen and oxygen atoms in total. The Bertz CT molecular complexity index is 2640. The third-order valence-corrected chi connectivity index (χ3v) is 13.0. The summed E-state index contributed by atoms with van der Waals surface area (Å²) in [6.07, 6.45) is 11.7. The molecule has 0 saturated carbocycles. The minimum atomic E-state index is -0.303. The van der Waals surface area contributed by atoms with Gasteiger partial charge in [-0.2, -0.15) is 0 Å². The van der Waals surface area contributed by atoms with E-state index in [-0.39, 0.29) is 46.7 Å². The van der Waals surface area contributed by atoms with Gasteiger partial charge in [0, 0.05) is 133 Å². The Kier molecular flexibility index (Phi) is 25.2. The van der Waals surface area contributed by atoms with Crippen LogP contribution in [0, 0.1) is 25.5 Å². The molecule has 21 heteroatoms. The van der Waals surface area contributed by atoms with Gasteiger partial charge in [0.25, 0.3) is 11.1 Å². The first-order valence-electron chi connectivity index (χ1n) is 22.4. The Morgan fingerprint density at radius 1 is 0.716 bits per heavy atom. The van der Waals surface area contributed by atoms with Gasteiger partial charge in [0.2, 0.25) is 0 Å². The minimum absolute atomic E-state index is 0. The van der Waals surface area contributed by atoms with Crippen molar-refractivity contribution in [2.24, 2.45) is 0 Å². The maximum atomic E-state index is 13.4. The molecule has 4 aliphatic heterocycles. The molecule has 1 N–H and O–H groups in total. The molecule has 8 heterocycles. The fourth-order valence-electron chi connectivity index (χ4n) is 9.38. The van der Waals surface area contributed by atoms with Gasteiger partial charge in [0.1, 0.15) is 23.3 Å². The van der Waals surface area contributed by atoms with E-state index >= 15 is 0 Å². The first-order valence-corrected chi connectivity index (χ1v) is 41.8. The van der Waals surface area contributed by atoms with Crippen LogP contribution in [0.5, 0.6) is 0 Å². The summed E-state index contributed by atoms with van der Waals surface area (Å²) in [6, 6.07) is 9.25. The van der Waals surface area contributed by atoms with Gasteiger partial charge in [-0.25, -0.2) is 18.7 Å². The van der Waals surface area contributed by atoms with Gasteiger partial charge in [-0.15, -0.1) is 35.6 Å². The number of benzene rings is 2. The van der Waals surface area contributed by atoms with Crippen molar-refractivity contribution in [2.75, 3.05) is 38.6 Å². The van der Waals surface area contributed by atoms with E-state index in [0.717, 1.165) is 173 Å². The molecule has 368 valence electrons. The van der Waals surface area contributed by atoms with Crippen molar-refractivity contribution in [3.05, 3.63) is 114 Å². The topological polar surface area (TPSA) is 137 Å². The number of aryl methyl sites for hydroxylation is 4. The molecule has 0 radical (unpaired) electrons. The predicted molar refractivity (Wildman–Crippen MR) is 303 cm³/mol. The number of fused-ring (bicyclic) bond motifs is 4. The molecule has 4 aromatic heterocycles. The molecule has 67 heavy (non-hydrogen) atoms. The van der Waals surface area contributed by atoms with Gasteiger partial charge in [-0.3, -0.25) is 18.7 Å². The average molecular weight is 1620 g/mol. The Morgan fingerprint density at radius 3 is 1.63 bits per heavy atom. The molecule has 2 aromatic carbocycles. The Labute approximate surface area is 465 Å². The molecule has 10 rings (SSSR count). The molecule has 0 unspecified atom stereocenters. The molecule has 6 aromatic rings. The molecule has 0 amide bonds. The van der Waals surface area contributed by atoms with E-state index in [9.17, 15) is 18.4 Å². The number of hydrogen-bond acceptors (Lipinski definition) is 10. The normalized spacial score (nSPS) is 16.2. The van der Waals surface area contributed by atoms with Gasteiger partial charge >= 0.3 is 50.5 Å². The van der Waals surface area contributed by atoms with E-state index in [2.05, 4.69) is 100.0 Å². The summed E-state index contributed by atoms with van der Waals surface area (Å²) in [5.74, 6) is 2.56.